The zero-order valence-electron chi connectivity index (χ0n) is 16.3. The number of nitrogens with one attached hydrogen (secondary N) is 2. The molecule has 154 valence electrons. The first-order valence-electron chi connectivity index (χ1n) is 9.36. The maximum Gasteiger partial charge on any atom is 0.337 e. The fourth-order valence-corrected chi connectivity index (χ4v) is 3.17. The maximum atomic E-state index is 12.5. The average molecular weight is 401 g/mol. The van der Waals surface area contributed by atoms with Crippen LogP contribution in [0.5, 0.6) is 0 Å². The molecule has 2 N–H and O–H groups in total. The zero-order valence-corrected chi connectivity index (χ0v) is 16.3. The molecule has 0 aromatic heterocycles. The van der Waals surface area contributed by atoms with Gasteiger partial charge in [-0.05, 0) is 26.0 Å². The van der Waals surface area contributed by atoms with E-state index in [0.717, 1.165) is 11.3 Å². The Bertz CT molecular complexity index is 861. The lowest BCUT2D eigenvalue weighted by atomic mass is 10.1. The maximum absolute atomic E-state index is 12.5. The van der Waals surface area contributed by atoms with Gasteiger partial charge in [0.15, 0.2) is 0 Å². The fraction of sp³-hybridized carbons (Fsp3) is 0.400. The predicted molar refractivity (Wildman–Crippen MR) is 103 cm³/mol. The number of aryl methyl sites for hydroxylation is 1. The molecule has 9 nitrogen and oxygen atoms in total. The van der Waals surface area contributed by atoms with Crippen molar-refractivity contribution >= 4 is 29.6 Å². The molecule has 2 aliphatic heterocycles. The molecule has 2 heterocycles. The van der Waals surface area contributed by atoms with Gasteiger partial charge < -0.3 is 25.0 Å². The van der Waals surface area contributed by atoms with Crippen LogP contribution in [-0.2, 0) is 23.9 Å². The second kappa shape index (κ2) is 8.76. The normalized spacial score (nSPS) is 19.0. The number of carbonyl (C=O) groups excluding carboxylic acids is 4. The van der Waals surface area contributed by atoms with Crippen LogP contribution in [0.25, 0.3) is 0 Å². The van der Waals surface area contributed by atoms with Crippen LogP contribution >= 0.6 is 0 Å². The molecule has 0 saturated carbocycles. The van der Waals surface area contributed by atoms with Crippen LogP contribution < -0.4 is 15.5 Å². The molecule has 2 aliphatic rings. The number of hydrogen-bond donors (Lipinski definition) is 2. The van der Waals surface area contributed by atoms with Crippen LogP contribution in [0.4, 0.5) is 10.5 Å². The lowest BCUT2D eigenvalue weighted by molar-refractivity contribution is -0.147. The van der Waals surface area contributed by atoms with E-state index in [-0.39, 0.29) is 49.9 Å². The summed E-state index contributed by atoms with van der Waals surface area (Å²) in [5.41, 5.74) is 2.18. The third kappa shape index (κ3) is 4.74. The number of anilines is 1. The standard InChI is InChI=1S/C20H23N3O6/c1-3-28-19(26)15-9-21-20(27)22-16(15)11-29-18(25)13-8-17(24)23(10-13)14-6-4-12(2)5-7-14/h4-7,13H,3,8-11H2,1-2H3,(H2,21,22,27)/t13-/m1/s1. The van der Waals surface area contributed by atoms with Crippen molar-refractivity contribution in [1.29, 1.82) is 0 Å². The Morgan fingerprint density at radius 3 is 2.59 bits per heavy atom. The lowest BCUT2D eigenvalue weighted by Crippen LogP contribution is -2.45. The number of ether oxygens (including phenoxy) is 2. The number of amides is 3. The lowest BCUT2D eigenvalue weighted by Gasteiger charge is -2.21. The van der Waals surface area contributed by atoms with Gasteiger partial charge in [-0.3, -0.25) is 9.59 Å². The van der Waals surface area contributed by atoms with Gasteiger partial charge in [0.25, 0.3) is 0 Å². The first-order valence-corrected chi connectivity index (χ1v) is 9.36. The Hall–Kier alpha value is -3.36. The minimum absolute atomic E-state index is 0.0132. The Balaban J connectivity index is 1.64. The van der Waals surface area contributed by atoms with Gasteiger partial charge >= 0.3 is 18.0 Å². The van der Waals surface area contributed by atoms with Crippen molar-refractivity contribution in [2.45, 2.75) is 20.3 Å². The molecule has 1 aromatic carbocycles. The van der Waals surface area contributed by atoms with Crippen LogP contribution in [0.1, 0.15) is 18.9 Å². The van der Waals surface area contributed by atoms with Gasteiger partial charge in [-0.2, -0.15) is 0 Å². The van der Waals surface area contributed by atoms with E-state index in [1.165, 1.54) is 0 Å². The molecular formula is C20H23N3O6. The van der Waals surface area contributed by atoms with E-state index in [1.54, 1.807) is 11.8 Å². The third-order valence-electron chi connectivity index (χ3n) is 4.74. The summed E-state index contributed by atoms with van der Waals surface area (Å²) in [5, 5.41) is 4.95. The van der Waals surface area contributed by atoms with Gasteiger partial charge in [-0.1, -0.05) is 17.7 Å². The van der Waals surface area contributed by atoms with Gasteiger partial charge in [0.2, 0.25) is 5.91 Å². The number of nitrogens with zero attached hydrogens (tertiary/aromatic N) is 1. The number of urea groups is 1. The largest absolute Gasteiger partial charge is 0.463 e. The smallest absolute Gasteiger partial charge is 0.337 e. The summed E-state index contributed by atoms with van der Waals surface area (Å²) < 4.78 is 10.3. The van der Waals surface area contributed by atoms with E-state index >= 15 is 0 Å². The van der Waals surface area contributed by atoms with E-state index in [2.05, 4.69) is 10.6 Å². The summed E-state index contributed by atoms with van der Waals surface area (Å²) in [6, 6.07) is 6.98. The van der Waals surface area contributed by atoms with Gasteiger partial charge in [-0.15, -0.1) is 0 Å². The minimum atomic E-state index is -0.618. The second-order valence-electron chi connectivity index (χ2n) is 6.83. The SMILES string of the molecule is CCOC(=O)C1=C(COC(=O)[C@@H]2CC(=O)N(c3ccc(C)cc3)C2)NC(=O)NC1. The highest BCUT2D eigenvalue weighted by molar-refractivity contribution is 5.99. The van der Waals surface area contributed by atoms with Crippen molar-refractivity contribution in [2.75, 3.05) is 31.2 Å². The van der Waals surface area contributed by atoms with Crippen molar-refractivity contribution in [2.24, 2.45) is 5.92 Å². The Morgan fingerprint density at radius 1 is 1.17 bits per heavy atom. The topological polar surface area (TPSA) is 114 Å². The fourth-order valence-electron chi connectivity index (χ4n) is 3.17. The number of carbonyl (C=O) groups is 4. The summed E-state index contributed by atoms with van der Waals surface area (Å²) in [5.74, 6) is -1.92. The van der Waals surface area contributed by atoms with E-state index < -0.39 is 23.9 Å². The van der Waals surface area contributed by atoms with E-state index in [9.17, 15) is 19.2 Å². The van der Waals surface area contributed by atoms with Crippen molar-refractivity contribution < 1.29 is 28.7 Å². The van der Waals surface area contributed by atoms with Crippen LogP contribution in [0, 0.1) is 12.8 Å². The van der Waals surface area contributed by atoms with Gasteiger partial charge in [0.05, 0.1) is 30.3 Å². The van der Waals surface area contributed by atoms with Crippen LogP contribution in [0.15, 0.2) is 35.5 Å². The number of benzene rings is 1. The van der Waals surface area contributed by atoms with Crippen molar-refractivity contribution in [3.05, 3.63) is 41.1 Å². The molecule has 1 atom stereocenters. The van der Waals surface area contributed by atoms with Crippen LogP contribution in [0.2, 0.25) is 0 Å². The Labute approximate surface area is 168 Å². The molecule has 0 spiro atoms. The molecule has 0 radical (unpaired) electrons. The molecule has 9 heteroatoms. The third-order valence-corrected chi connectivity index (χ3v) is 4.74. The molecular weight excluding hydrogens is 378 g/mol. The van der Waals surface area contributed by atoms with Crippen LogP contribution in [0.3, 0.4) is 0 Å². The molecule has 3 rings (SSSR count). The van der Waals surface area contributed by atoms with E-state index in [4.69, 9.17) is 9.47 Å². The van der Waals surface area contributed by atoms with Gasteiger partial charge in [0, 0.05) is 18.7 Å². The summed E-state index contributed by atoms with van der Waals surface area (Å²) in [4.78, 5) is 49.9. The van der Waals surface area contributed by atoms with E-state index in [0.29, 0.717) is 0 Å². The number of hydrogen-bond acceptors (Lipinski definition) is 6. The van der Waals surface area contributed by atoms with Gasteiger partial charge in [0.1, 0.15) is 6.61 Å². The first-order chi connectivity index (χ1) is 13.9. The predicted octanol–water partition coefficient (Wildman–Crippen LogP) is 1.02. The summed E-state index contributed by atoms with van der Waals surface area (Å²) in [6.07, 6.45) is 0.0460. The van der Waals surface area contributed by atoms with Gasteiger partial charge in [-0.25, -0.2) is 9.59 Å². The first kappa shape index (κ1) is 20.4. The van der Waals surface area contributed by atoms with Crippen molar-refractivity contribution in [3.63, 3.8) is 0 Å². The molecule has 3 amide bonds. The minimum Gasteiger partial charge on any atom is -0.463 e. The van der Waals surface area contributed by atoms with Crippen molar-refractivity contribution in [1.82, 2.24) is 10.6 Å². The monoisotopic (exact) mass is 401 g/mol. The quantitative estimate of drug-likeness (QED) is 0.688. The molecule has 0 aliphatic carbocycles. The highest BCUT2D eigenvalue weighted by Crippen LogP contribution is 2.26. The summed E-state index contributed by atoms with van der Waals surface area (Å²) in [6.45, 7) is 3.73. The Morgan fingerprint density at radius 2 is 1.90 bits per heavy atom. The molecule has 0 unspecified atom stereocenters. The molecule has 1 fully saturated rings. The number of esters is 2. The molecule has 0 bridgehead atoms. The molecule has 1 aromatic rings. The zero-order chi connectivity index (χ0) is 21.0. The molecule has 1 saturated heterocycles. The van der Waals surface area contributed by atoms with E-state index in [1.807, 2.05) is 31.2 Å². The summed E-state index contributed by atoms with van der Waals surface area (Å²) >= 11 is 0. The van der Waals surface area contributed by atoms with Crippen molar-refractivity contribution in [3.8, 4) is 0 Å². The highest BCUT2D eigenvalue weighted by Gasteiger charge is 2.36. The molecule has 29 heavy (non-hydrogen) atoms. The van der Waals surface area contributed by atoms with Crippen LogP contribution in [-0.4, -0.2) is 50.2 Å². The average Bonchev–Trinajstić information content (AvgIpc) is 3.08. The second-order valence-corrected chi connectivity index (χ2v) is 6.83. The number of rotatable bonds is 6. The summed E-state index contributed by atoms with van der Waals surface area (Å²) in [7, 11) is 0. The Kier molecular flexibility index (Phi) is 6.16. The highest BCUT2D eigenvalue weighted by atomic mass is 16.5.